The van der Waals surface area contributed by atoms with Gasteiger partial charge in [0.25, 0.3) is 5.56 Å². The smallest absolute Gasteiger partial charge is 0.338 e. The number of allylic oxidation sites excluding steroid dienone is 1. The SMILES string of the molecule is CCOC(=O)C1=C(C)N=c2sc(=Cc3ccc(-c4ccccc4C(=O)OC)o3)c(=O)n2C1c1ccc(OC)c(OC)c1. The van der Waals surface area contributed by atoms with E-state index in [-0.39, 0.29) is 17.7 Å². The number of nitrogens with zero attached hydrogens (tertiary/aromatic N) is 2. The number of thiazole rings is 1. The van der Waals surface area contributed by atoms with Crippen LogP contribution in [-0.4, -0.2) is 44.4 Å². The lowest BCUT2D eigenvalue weighted by molar-refractivity contribution is -0.139. The van der Waals surface area contributed by atoms with Gasteiger partial charge in [-0.1, -0.05) is 35.6 Å². The number of methoxy groups -OCH3 is 3. The number of carbonyl (C=O) groups excluding carboxylic acids is 2. The van der Waals surface area contributed by atoms with Crippen molar-refractivity contribution < 1.29 is 33.0 Å². The van der Waals surface area contributed by atoms with Crippen LogP contribution in [0.25, 0.3) is 17.4 Å². The number of rotatable bonds is 8. The van der Waals surface area contributed by atoms with E-state index in [1.54, 1.807) is 74.5 Å². The van der Waals surface area contributed by atoms with Gasteiger partial charge in [-0.05, 0) is 49.7 Å². The van der Waals surface area contributed by atoms with Gasteiger partial charge in [0.1, 0.15) is 11.5 Å². The lowest BCUT2D eigenvalue weighted by Crippen LogP contribution is -2.39. The Labute approximate surface area is 244 Å². The largest absolute Gasteiger partial charge is 0.493 e. The summed E-state index contributed by atoms with van der Waals surface area (Å²) in [7, 11) is 4.36. The summed E-state index contributed by atoms with van der Waals surface area (Å²) in [5.74, 6) is 0.755. The third-order valence-electron chi connectivity index (χ3n) is 6.74. The molecule has 0 amide bonds. The average molecular weight is 589 g/mol. The van der Waals surface area contributed by atoms with Crippen LogP contribution >= 0.6 is 11.3 Å². The van der Waals surface area contributed by atoms with Crippen molar-refractivity contribution in [2.75, 3.05) is 27.9 Å². The minimum absolute atomic E-state index is 0.165. The number of aromatic nitrogens is 1. The molecule has 11 heteroatoms. The normalized spacial score (nSPS) is 14.7. The van der Waals surface area contributed by atoms with E-state index in [0.717, 1.165) is 0 Å². The highest BCUT2D eigenvalue weighted by molar-refractivity contribution is 7.07. The molecule has 0 radical (unpaired) electrons. The van der Waals surface area contributed by atoms with Gasteiger partial charge in [0.15, 0.2) is 16.3 Å². The molecule has 1 aliphatic heterocycles. The van der Waals surface area contributed by atoms with E-state index in [2.05, 4.69) is 4.99 Å². The Bertz CT molecular complexity index is 1900. The number of hydrogen-bond acceptors (Lipinski definition) is 10. The van der Waals surface area contributed by atoms with Gasteiger partial charge in [-0.25, -0.2) is 14.6 Å². The Morgan fingerprint density at radius 2 is 1.79 bits per heavy atom. The fraction of sp³-hybridized carbons (Fsp3) is 0.226. The molecule has 0 aliphatic carbocycles. The molecule has 216 valence electrons. The molecule has 0 bridgehead atoms. The molecule has 42 heavy (non-hydrogen) atoms. The number of esters is 2. The number of fused-ring (bicyclic) bond motifs is 1. The molecule has 1 aliphatic rings. The van der Waals surface area contributed by atoms with Crippen LogP contribution in [0.3, 0.4) is 0 Å². The molecule has 3 heterocycles. The van der Waals surface area contributed by atoms with Gasteiger partial charge in [0, 0.05) is 11.6 Å². The van der Waals surface area contributed by atoms with Crippen LogP contribution in [-0.2, 0) is 14.3 Å². The number of furan rings is 1. The van der Waals surface area contributed by atoms with Crippen LogP contribution in [0.4, 0.5) is 0 Å². The molecular formula is C31H28N2O8S. The molecule has 1 atom stereocenters. The highest BCUT2D eigenvalue weighted by atomic mass is 32.1. The Morgan fingerprint density at radius 3 is 2.50 bits per heavy atom. The fourth-order valence-electron chi connectivity index (χ4n) is 4.82. The molecule has 0 spiro atoms. The fourth-order valence-corrected chi connectivity index (χ4v) is 5.85. The van der Waals surface area contributed by atoms with Crippen LogP contribution in [0.2, 0.25) is 0 Å². The monoisotopic (exact) mass is 588 g/mol. The molecule has 0 saturated heterocycles. The van der Waals surface area contributed by atoms with E-state index in [1.165, 1.54) is 37.2 Å². The first-order valence-corrected chi connectivity index (χ1v) is 13.8. The average Bonchev–Trinajstić information content (AvgIpc) is 3.59. The molecule has 0 fully saturated rings. The Morgan fingerprint density at radius 1 is 1.02 bits per heavy atom. The lowest BCUT2D eigenvalue weighted by Gasteiger charge is -2.25. The van der Waals surface area contributed by atoms with E-state index in [4.69, 9.17) is 23.4 Å². The zero-order valence-corrected chi connectivity index (χ0v) is 24.4. The molecule has 0 saturated carbocycles. The van der Waals surface area contributed by atoms with Crippen LogP contribution in [0.5, 0.6) is 11.5 Å². The summed E-state index contributed by atoms with van der Waals surface area (Å²) in [5.41, 5.74) is 1.88. The summed E-state index contributed by atoms with van der Waals surface area (Å²) >= 11 is 1.17. The summed E-state index contributed by atoms with van der Waals surface area (Å²) in [4.78, 5) is 44.3. The number of benzene rings is 2. The summed E-state index contributed by atoms with van der Waals surface area (Å²) < 4.78 is 29.0. The van der Waals surface area contributed by atoms with Crippen molar-refractivity contribution in [2.24, 2.45) is 4.99 Å². The topological polar surface area (TPSA) is 119 Å². The molecular weight excluding hydrogens is 560 g/mol. The van der Waals surface area contributed by atoms with E-state index in [9.17, 15) is 14.4 Å². The Balaban J connectivity index is 1.65. The molecule has 10 nitrogen and oxygen atoms in total. The van der Waals surface area contributed by atoms with E-state index in [1.807, 2.05) is 0 Å². The molecule has 0 N–H and O–H groups in total. The predicted molar refractivity (Wildman–Crippen MR) is 155 cm³/mol. The standard InChI is InChI=1S/C31H28N2O8S/c1-6-40-30(36)26-17(2)32-31-33(27(26)18-11-13-23(37-3)24(15-18)38-4)28(34)25(42-31)16-19-12-14-22(41-19)20-9-7-8-10-21(20)29(35)39-5/h7-16,27H,6H2,1-5H3. The molecule has 1 unspecified atom stereocenters. The van der Waals surface area contributed by atoms with Gasteiger partial charge in [0.2, 0.25) is 0 Å². The van der Waals surface area contributed by atoms with Crippen LogP contribution < -0.4 is 24.4 Å². The molecule has 2 aromatic heterocycles. The zero-order valence-electron chi connectivity index (χ0n) is 23.6. The van der Waals surface area contributed by atoms with E-state index >= 15 is 0 Å². The van der Waals surface area contributed by atoms with Crippen molar-refractivity contribution in [3.8, 4) is 22.8 Å². The predicted octanol–water partition coefficient (Wildman–Crippen LogP) is 3.86. The quantitative estimate of drug-likeness (QED) is 0.285. The molecule has 4 aromatic rings. The maximum atomic E-state index is 13.9. The second-order valence-electron chi connectivity index (χ2n) is 9.16. The van der Waals surface area contributed by atoms with Crippen molar-refractivity contribution in [3.05, 3.63) is 102 Å². The van der Waals surface area contributed by atoms with Crippen molar-refractivity contribution in [3.63, 3.8) is 0 Å². The van der Waals surface area contributed by atoms with Gasteiger partial charge in [-0.2, -0.15) is 0 Å². The minimum atomic E-state index is -0.818. The first kappa shape index (κ1) is 28.6. The van der Waals surface area contributed by atoms with Gasteiger partial charge in [0.05, 0.1) is 55.3 Å². The minimum Gasteiger partial charge on any atom is -0.493 e. The van der Waals surface area contributed by atoms with Gasteiger partial charge in [-0.15, -0.1) is 0 Å². The molecule has 5 rings (SSSR count). The highest BCUT2D eigenvalue weighted by Crippen LogP contribution is 2.36. The summed E-state index contributed by atoms with van der Waals surface area (Å²) in [6, 6.07) is 14.8. The van der Waals surface area contributed by atoms with Crippen LogP contribution in [0.1, 0.15) is 41.6 Å². The van der Waals surface area contributed by atoms with E-state index < -0.39 is 18.0 Å². The Kier molecular flexibility index (Phi) is 8.12. The third kappa shape index (κ3) is 5.14. The van der Waals surface area contributed by atoms with Crippen molar-refractivity contribution in [1.82, 2.24) is 4.57 Å². The van der Waals surface area contributed by atoms with Gasteiger partial charge < -0.3 is 23.4 Å². The van der Waals surface area contributed by atoms with Crippen LogP contribution in [0, 0.1) is 0 Å². The summed E-state index contributed by atoms with van der Waals surface area (Å²) in [6.45, 7) is 3.60. The van der Waals surface area contributed by atoms with E-state index in [0.29, 0.717) is 54.7 Å². The number of hydrogen-bond donors (Lipinski definition) is 0. The van der Waals surface area contributed by atoms with Crippen molar-refractivity contribution >= 4 is 29.4 Å². The van der Waals surface area contributed by atoms with Gasteiger partial charge in [-0.3, -0.25) is 9.36 Å². The number of ether oxygens (including phenoxy) is 4. The second kappa shape index (κ2) is 11.9. The Hall–Kier alpha value is -4.90. The summed E-state index contributed by atoms with van der Waals surface area (Å²) in [6.07, 6.45) is 1.61. The van der Waals surface area contributed by atoms with Crippen LogP contribution in [0.15, 0.2) is 80.1 Å². The zero-order chi connectivity index (χ0) is 30.0. The summed E-state index contributed by atoms with van der Waals surface area (Å²) in [5, 5.41) is 0. The first-order valence-electron chi connectivity index (χ1n) is 13.0. The van der Waals surface area contributed by atoms with Gasteiger partial charge >= 0.3 is 11.9 Å². The highest BCUT2D eigenvalue weighted by Gasteiger charge is 2.34. The molecule has 2 aromatic carbocycles. The van der Waals surface area contributed by atoms with Crippen molar-refractivity contribution in [1.29, 1.82) is 0 Å². The maximum absolute atomic E-state index is 13.9. The maximum Gasteiger partial charge on any atom is 0.338 e. The van der Waals surface area contributed by atoms with Crippen molar-refractivity contribution in [2.45, 2.75) is 19.9 Å². The lowest BCUT2D eigenvalue weighted by atomic mass is 9.95. The second-order valence-corrected chi connectivity index (χ2v) is 10.2. The third-order valence-corrected chi connectivity index (χ3v) is 7.72. The number of carbonyl (C=O) groups is 2. The first-order chi connectivity index (χ1) is 20.3.